The Hall–Kier alpha value is -2.47. The van der Waals surface area contributed by atoms with Crippen LogP contribution in [0.2, 0.25) is 0 Å². The maximum absolute atomic E-state index is 5.63. The number of hydrogen-bond acceptors (Lipinski definition) is 5. The first-order chi connectivity index (χ1) is 14.8. The number of pyridine rings is 1. The Morgan fingerprint density at radius 1 is 1.03 bits per heavy atom. The molecule has 3 aromatic rings. The van der Waals surface area contributed by atoms with Crippen LogP contribution in [-0.2, 0) is 0 Å². The molecule has 3 aromatic heterocycles. The van der Waals surface area contributed by atoms with Crippen LogP contribution in [0.25, 0.3) is 22.4 Å². The molecule has 0 aliphatic rings. The Morgan fingerprint density at radius 3 is 2.32 bits per heavy atom. The van der Waals surface area contributed by atoms with Gasteiger partial charge in [-0.1, -0.05) is 34.6 Å². The van der Waals surface area contributed by atoms with Gasteiger partial charge in [0.05, 0.1) is 24.1 Å². The molecule has 1 atom stereocenters. The average Bonchev–Trinajstić information content (AvgIpc) is 3.08. The Morgan fingerprint density at radius 2 is 1.74 bits per heavy atom. The predicted octanol–water partition coefficient (Wildman–Crippen LogP) is 5.54. The first-order valence-corrected chi connectivity index (χ1v) is 11.5. The van der Waals surface area contributed by atoms with Gasteiger partial charge in [-0.25, -0.2) is 15.0 Å². The Bertz CT molecular complexity index is 1040. The highest BCUT2D eigenvalue weighted by atomic mass is 16.5. The molecular formula is C25H37N5O. The van der Waals surface area contributed by atoms with Crippen molar-refractivity contribution in [1.82, 2.24) is 24.4 Å². The van der Waals surface area contributed by atoms with Crippen LogP contribution in [0.5, 0.6) is 5.88 Å². The number of fused-ring (bicyclic) bond motifs is 1. The fourth-order valence-electron chi connectivity index (χ4n) is 4.12. The Labute approximate surface area is 186 Å². The van der Waals surface area contributed by atoms with Crippen molar-refractivity contribution < 1.29 is 4.74 Å². The van der Waals surface area contributed by atoms with Gasteiger partial charge in [-0.2, -0.15) is 0 Å². The second-order valence-corrected chi connectivity index (χ2v) is 8.54. The summed E-state index contributed by atoms with van der Waals surface area (Å²) in [5, 5.41) is 0. The van der Waals surface area contributed by atoms with Crippen LogP contribution in [0.1, 0.15) is 70.0 Å². The number of nitrogens with zero attached hydrogens (tertiary/aromatic N) is 5. The third kappa shape index (κ3) is 4.59. The number of aryl methyl sites for hydroxylation is 2. The summed E-state index contributed by atoms with van der Waals surface area (Å²) >= 11 is 0. The molecule has 6 nitrogen and oxygen atoms in total. The maximum Gasteiger partial charge on any atom is 0.222 e. The summed E-state index contributed by atoms with van der Waals surface area (Å²) in [6.45, 7) is 18.2. The molecule has 6 heteroatoms. The smallest absolute Gasteiger partial charge is 0.222 e. The van der Waals surface area contributed by atoms with E-state index in [1.807, 2.05) is 6.92 Å². The molecule has 0 bridgehead atoms. The van der Waals surface area contributed by atoms with E-state index < -0.39 is 0 Å². The molecular weight excluding hydrogens is 386 g/mol. The quantitative estimate of drug-likeness (QED) is 0.452. The van der Waals surface area contributed by atoms with Crippen LogP contribution >= 0.6 is 0 Å². The Balaban J connectivity index is 2.11. The monoisotopic (exact) mass is 423 g/mol. The topological polar surface area (TPSA) is 56.1 Å². The van der Waals surface area contributed by atoms with Gasteiger partial charge in [0.1, 0.15) is 5.52 Å². The zero-order chi connectivity index (χ0) is 22.7. The SMILES string of the molecule is CC[C@H](CN(CC)CC)n1cc(C)c2nc(-c3ccc(C(C)C)nc3OC)c(C)nc21. The summed E-state index contributed by atoms with van der Waals surface area (Å²) in [4.78, 5) is 17.3. The summed E-state index contributed by atoms with van der Waals surface area (Å²) in [6.07, 6.45) is 3.26. The molecule has 0 aliphatic heterocycles. The highest BCUT2D eigenvalue weighted by Gasteiger charge is 2.21. The van der Waals surface area contributed by atoms with Gasteiger partial charge in [0.2, 0.25) is 5.88 Å². The van der Waals surface area contributed by atoms with E-state index in [1.54, 1.807) is 7.11 Å². The zero-order valence-corrected chi connectivity index (χ0v) is 20.4. The zero-order valence-electron chi connectivity index (χ0n) is 20.4. The average molecular weight is 424 g/mol. The molecule has 0 spiro atoms. The lowest BCUT2D eigenvalue weighted by Crippen LogP contribution is -2.30. The van der Waals surface area contributed by atoms with Crippen LogP contribution in [-0.4, -0.2) is 51.2 Å². The molecule has 0 aromatic carbocycles. The summed E-state index contributed by atoms with van der Waals surface area (Å²) in [5.74, 6) is 0.943. The van der Waals surface area contributed by atoms with Gasteiger partial charge in [-0.3, -0.25) is 0 Å². The van der Waals surface area contributed by atoms with Crippen LogP contribution in [0.15, 0.2) is 18.3 Å². The summed E-state index contributed by atoms with van der Waals surface area (Å²) < 4.78 is 7.95. The molecule has 3 heterocycles. The van der Waals surface area contributed by atoms with Crippen molar-refractivity contribution in [3.8, 4) is 17.1 Å². The van der Waals surface area contributed by atoms with E-state index in [1.165, 1.54) is 0 Å². The van der Waals surface area contributed by atoms with E-state index in [-0.39, 0.29) is 0 Å². The van der Waals surface area contributed by atoms with Crippen LogP contribution < -0.4 is 4.74 Å². The number of methoxy groups -OCH3 is 1. The molecule has 0 aliphatic carbocycles. The lowest BCUT2D eigenvalue weighted by atomic mass is 10.1. The second-order valence-electron chi connectivity index (χ2n) is 8.54. The molecule has 31 heavy (non-hydrogen) atoms. The van der Waals surface area contributed by atoms with Gasteiger partial charge in [0.25, 0.3) is 0 Å². The molecule has 0 fully saturated rings. The van der Waals surface area contributed by atoms with E-state index in [0.29, 0.717) is 17.8 Å². The second kappa shape index (κ2) is 9.77. The molecule has 0 radical (unpaired) electrons. The third-order valence-electron chi connectivity index (χ3n) is 6.15. The third-order valence-corrected chi connectivity index (χ3v) is 6.15. The largest absolute Gasteiger partial charge is 0.480 e. The predicted molar refractivity (Wildman–Crippen MR) is 128 cm³/mol. The van der Waals surface area contributed by atoms with Crippen LogP contribution in [0.3, 0.4) is 0 Å². The number of rotatable bonds is 9. The van der Waals surface area contributed by atoms with Gasteiger partial charge >= 0.3 is 0 Å². The van der Waals surface area contributed by atoms with E-state index >= 15 is 0 Å². The highest BCUT2D eigenvalue weighted by molar-refractivity contribution is 5.81. The fourth-order valence-corrected chi connectivity index (χ4v) is 4.12. The fraction of sp³-hybridized carbons (Fsp3) is 0.560. The van der Waals surface area contributed by atoms with Crippen molar-refractivity contribution in [1.29, 1.82) is 0 Å². The van der Waals surface area contributed by atoms with E-state index in [2.05, 4.69) is 69.3 Å². The van der Waals surface area contributed by atoms with Crippen molar-refractivity contribution in [2.45, 2.75) is 66.8 Å². The highest BCUT2D eigenvalue weighted by Crippen LogP contribution is 2.33. The molecule has 0 unspecified atom stereocenters. The number of hydrogen-bond donors (Lipinski definition) is 0. The normalized spacial score (nSPS) is 12.8. The first-order valence-electron chi connectivity index (χ1n) is 11.5. The summed E-state index contributed by atoms with van der Waals surface area (Å²) in [7, 11) is 1.66. The lowest BCUT2D eigenvalue weighted by molar-refractivity contribution is 0.251. The summed E-state index contributed by atoms with van der Waals surface area (Å²) in [6, 6.07) is 4.49. The van der Waals surface area contributed by atoms with Gasteiger partial charge in [-0.05, 0) is 57.0 Å². The van der Waals surface area contributed by atoms with E-state index in [0.717, 1.165) is 65.4 Å². The van der Waals surface area contributed by atoms with E-state index in [4.69, 9.17) is 19.7 Å². The van der Waals surface area contributed by atoms with Crippen LogP contribution in [0.4, 0.5) is 0 Å². The Kier molecular flexibility index (Phi) is 7.31. The van der Waals surface area contributed by atoms with Crippen molar-refractivity contribution in [2.75, 3.05) is 26.7 Å². The minimum Gasteiger partial charge on any atom is -0.480 e. The van der Waals surface area contributed by atoms with Crippen LogP contribution in [0, 0.1) is 13.8 Å². The standard InChI is InChI=1S/C25H37N5O/c1-9-19(15-29(10-2)11-3)30-14-17(6)22-24(30)26-18(7)23(28-22)20-12-13-21(16(4)5)27-25(20)31-8/h12-14,16,19H,9-11,15H2,1-8H3/t19-/m1/s1. The number of aromatic nitrogens is 4. The number of ether oxygens (including phenoxy) is 1. The van der Waals surface area contributed by atoms with Crippen molar-refractivity contribution in [2.24, 2.45) is 0 Å². The van der Waals surface area contributed by atoms with Gasteiger partial charge in [-0.15, -0.1) is 0 Å². The van der Waals surface area contributed by atoms with Crippen molar-refractivity contribution in [3.05, 3.63) is 35.3 Å². The minimum atomic E-state index is 0.339. The molecule has 0 N–H and O–H groups in total. The molecule has 0 saturated carbocycles. The van der Waals surface area contributed by atoms with Gasteiger partial charge in [0, 0.05) is 24.5 Å². The van der Waals surface area contributed by atoms with Gasteiger partial charge in [0.15, 0.2) is 5.65 Å². The molecule has 3 rings (SSSR count). The van der Waals surface area contributed by atoms with Crippen molar-refractivity contribution in [3.63, 3.8) is 0 Å². The first kappa shape index (κ1) is 23.2. The lowest BCUT2D eigenvalue weighted by Gasteiger charge is -2.26. The number of likely N-dealkylation sites (N-methyl/N-ethyl adjacent to an activating group) is 1. The minimum absolute atomic E-state index is 0.339. The maximum atomic E-state index is 5.63. The molecule has 0 amide bonds. The van der Waals surface area contributed by atoms with Gasteiger partial charge < -0.3 is 14.2 Å². The molecule has 0 saturated heterocycles. The molecule has 168 valence electrons. The van der Waals surface area contributed by atoms with Crippen molar-refractivity contribution >= 4 is 11.2 Å². The summed E-state index contributed by atoms with van der Waals surface area (Å²) in [5.41, 5.74) is 6.69. The van der Waals surface area contributed by atoms with E-state index in [9.17, 15) is 0 Å².